The van der Waals surface area contributed by atoms with Gasteiger partial charge in [0.2, 0.25) is 5.91 Å². The van der Waals surface area contributed by atoms with E-state index in [9.17, 15) is 18.4 Å². The van der Waals surface area contributed by atoms with Crippen molar-refractivity contribution in [1.82, 2.24) is 5.32 Å². The van der Waals surface area contributed by atoms with Crippen molar-refractivity contribution in [3.63, 3.8) is 0 Å². The summed E-state index contributed by atoms with van der Waals surface area (Å²) in [6, 6.07) is 10.4. The number of hydrogen-bond donors (Lipinski definition) is 1. The minimum absolute atomic E-state index is 0.117. The molecule has 1 atom stereocenters. The molecule has 2 rings (SSSR count). The van der Waals surface area contributed by atoms with E-state index in [2.05, 4.69) is 5.32 Å². The number of nitrogens with one attached hydrogen (secondary N) is 1. The molecule has 0 unspecified atom stereocenters. The zero-order valence-electron chi connectivity index (χ0n) is 14.0. The summed E-state index contributed by atoms with van der Waals surface area (Å²) in [5.41, 5.74) is 1.24. The molecule has 1 N–H and O–H groups in total. The van der Waals surface area contributed by atoms with E-state index in [0.29, 0.717) is 17.2 Å². The van der Waals surface area contributed by atoms with Crippen LogP contribution in [0.4, 0.5) is 8.78 Å². The number of methoxy groups -OCH3 is 1. The molecule has 0 saturated heterocycles. The number of amides is 1. The number of benzene rings is 2. The van der Waals surface area contributed by atoms with Gasteiger partial charge in [0.1, 0.15) is 17.7 Å². The first-order valence-electron chi connectivity index (χ1n) is 7.72. The molecule has 2 aromatic carbocycles. The van der Waals surface area contributed by atoms with Crippen molar-refractivity contribution >= 4 is 11.9 Å². The number of nitrogens with zero attached hydrogens (tertiary/aromatic N) is 1. The van der Waals surface area contributed by atoms with E-state index in [-0.39, 0.29) is 18.4 Å². The predicted molar refractivity (Wildman–Crippen MR) is 88.9 cm³/mol. The maximum atomic E-state index is 13.2. The number of nitriles is 1. The van der Waals surface area contributed by atoms with E-state index >= 15 is 0 Å². The first kappa shape index (κ1) is 19.1. The molecule has 0 heterocycles. The van der Waals surface area contributed by atoms with E-state index < -0.39 is 29.6 Å². The van der Waals surface area contributed by atoms with Gasteiger partial charge in [-0.3, -0.25) is 4.79 Å². The molecule has 0 aliphatic rings. The average Bonchev–Trinajstić information content (AvgIpc) is 2.59. The van der Waals surface area contributed by atoms with E-state index in [0.717, 1.165) is 12.1 Å². The monoisotopic (exact) mass is 358 g/mol. The first-order chi connectivity index (χ1) is 12.4. The fraction of sp³-hybridized carbons (Fsp3) is 0.211. The first-order valence-corrected chi connectivity index (χ1v) is 7.72. The van der Waals surface area contributed by atoms with Gasteiger partial charge in [0.05, 0.1) is 25.2 Å². The molecule has 0 aliphatic heterocycles. The molecule has 0 radical (unpaired) electrons. The molecule has 26 heavy (non-hydrogen) atoms. The van der Waals surface area contributed by atoms with Gasteiger partial charge in [-0.15, -0.1) is 0 Å². The Hall–Kier alpha value is -3.27. The summed E-state index contributed by atoms with van der Waals surface area (Å²) in [4.78, 5) is 24.1. The quantitative estimate of drug-likeness (QED) is 0.804. The number of halogens is 2. The standard InChI is InChI=1S/C19H16F2N2O3/c1-26-19(25)17(8-12-3-2-4-13(5-12)11-22)23-18(24)9-14-6-15(20)10-16(21)7-14/h2-7,10,17H,8-9H2,1H3,(H,23,24)/t17-/m0/s1. The summed E-state index contributed by atoms with van der Waals surface area (Å²) in [5, 5.41) is 11.4. The third-order valence-electron chi connectivity index (χ3n) is 3.60. The summed E-state index contributed by atoms with van der Waals surface area (Å²) < 4.78 is 31.1. The topological polar surface area (TPSA) is 79.2 Å². The maximum absolute atomic E-state index is 13.2. The highest BCUT2D eigenvalue weighted by Gasteiger charge is 2.22. The van der Waals surface area contributed by atoms with Crippen molar-refractivity contribution in [3.8, 4) is 6.07 Å². The minimum Gasteiger partial charge on any atom is -0.467 e. The van der Waals surface area contributed by atoms with Crippen LogP contribution >= 0.6 is 0 Å². The number of hydrogen-bond acceptors (Lipinski definition) is 4. The Balaban J connectivity index is 2.10. The van der Waals surface area contributed by atoms with Crippen LogP contribution in [0, 0.1) is 23.0 Å². The fourth-order valence-electron chi connectivity index (χ4n) is 2.48. The second-order valence-corrected chi connectivity index (χ2v) is 5.61. The summed E-state index contributed by atoms with van der Waals surface area (Å²) in [6.45, 7) is 0. The van der Waals surface area contributed by atoms with E-state index in [1.54, 1.807) is 24.3 Å². The molecule has 0 aromatic heterocycles. The third kappa shape index (κ3) is 5.38. The van der Waals surface area contributed by atoms with Gasteiger partial charge >= 0.3 is 5.97 Å². The van der Waals surface area contributed by atoms with Crippen LogP contribution in [-0.4, -0.2) is 25.0 Å². The van der Waals surface area contributed by atoms with E-state index in [1.165, 1.54) is 7.11 Å². The summed E-state index contributed by atoms with van der Waals surface area (Å²) in [7, 11) is 1.19. The van der Waals surface area contributed by atoms with Gasteiger partial charge in [-0.25, -0.2) is 13.6 Å². The van der Waals surface area contributed by atoms with Crippen molar-refractivity contribution in [2.24, 2.45) is 0 Å². The van der Waals surface area contributed by atoms with Crippen LogP contribution in [0.2, 0.25) is 0 Å². The molecule has 0 saturated carbocycles. The lowest BCUT2D eigenvalue weighted by molar-refractivity contribution is -0.145. The van der Waals surface area contributed by atoms with Gasteiger partial charge in [0, 0.05) is 12.5 Å². The molecule has 2 aromatic rings. The average molecular weight is 358 g/mol. The lowest BCUT2D eigenvalue weighted by Gasteiger charge is -2.17. The molecule has 0 bridgehead atoms. The van der Waals surface area contributed by atoms with Gasteiger partial charge in [-0.2, -0.15) is 5.26 Å². The summed E-state index contributed by atoms with van der Waals surface area (Å²) in [5.74, 6) is -2.82. The van der Waals surface area contributed by atoms with Crippen molar-refractivity contribution in [2.75, 3.05) is 7.11 Å². The fourth-order valence-corrected chi connectivity index (χ4v) is 2.48. The van der Waals surface area contributed by atoms with Crippen LogP contribution in [0.25, 0.3) is 0 Å². The maximum Gasteiger partial charge on any atom is 0.328 e. The zero-order chi connectivity index (χ0) is 19.1. The smallest absolute Gasteiger partial charge is 0.328 e. The third-order valence-corrected chi connectivity index (χ3v) is 3.60. The largest absolute Gasteiger partial charge is 0.467 e. The molecule has 0 fully saturated rings. The molecule has 0 spiro atoms. The van der Waals surface area contributed by atoms with Gasteiger partial charge in [0.25, 0.3) is 0 Å². The normalized spacial score (nSPS) is 11.3. The second kappa shape index (κ2) is 8.72. The van der Waals surface area contributed by atoms with E-state index in [4.69, 9.17) is 10.00 Å². The van der Waals surface area contributed by atoms with Gasteiger partial charge < -0.3 is 10.1 Å². The SMILES string of the molecule is COC(=O)[C@H](Cc1cccc(C#N)c1)NC(=O)Cc1cc(F)cc(F)c1. The molecule has 7 heteroatoms. The van der Waals surface area contributed by atoms with Crippen molar-refractivity contribution < 1.29 is 23.1 Å². The Morgan fingerprint density at radius 3 is 2.46 bits per heavy atom. The highest BCUT2D eigenvalue weighted by atomic mass is 19.1. The van der Waals surface area contributed by atoms with Crippen LogP contribution in [0.15, 0.2) is 42.5 Å². The highest BCUT2D eigenvalue weighted by molar-refractivity contribution is 5.85. The summed E-state index contributed by atoms with van der Waals surface area (Å²) >= 11 is 0. The van der Waals surface area contributed by atoms with Crippen LogP contribution in [0.5, 0.6) is 0 Å². The van der Waals surface area contributed by atoms with Gasteiger partial charge in [-0.05, 0) is 35.4 Å². The summed E-state index contributed by atoms with van der Waals surface area (Å²) in [6.07, 6.45) is -0.175. The zero-order valence-corrected chi connectivity index (χ0v) is 14.0. The lowest BCUT2D eigenvalue weighted by atomic mass is 10.0. The molecule has 5 nitrogen and oxygen atoms in total. The van der Waals surface area contributed by atoms with Gasteiger partial charge in [0.15, 0.2) is 0 Å². The van der Waals surface area contributed by atoms with Crippen molar-refractivity contribution in [1.29, 1.82) is 5.26 Å². The van der Waals surface area contributed by atoms with Gasteiger partial charge in [-0.1, -0.05) is 12.1 Å². The molecular weight excluding hydrogens is 342 g/mol. The molecule has 0 aliphatic carbocycles. The van der Waals surface area contributed by atoms with Crippen molar-refractivity contribution in [2.45, 2.75) is 18.9 Å². The Morgan fingerprint density at radius 2 is 1.85 bits per heavy atom. The van der Waals surface area contributed by atoms with E-state index in [1.807, 2.05) is 6.07 Å². The Morgan fingerprint density at radius 1 is 1.15 bits per heavy atom. The predicted octanol–water partition coefficient (Wildman–Crippen LogP) is 2.28. The highest BCUT2D eigenvalue weighted by Crippen LogP contribution is 2.11. The van der Waals surface area contributed by atoms with Crippen molar-refractivity contribution in [3.05, 3.63) is 70.8 Å². The number of esters is 1. The number of carbonyl (C=O) groups is 2. The Kier molecular flexibility index (Phi) is 6.39. The minimum atomic E-state index is -0.986. The number of carbonyl (C=O) groups excluding carboxylic acids is 2. The molecule has 134 valence electrons. The number of rotatable bonds is 6. The number of ether oxygens (including phenoxy) is 1. The van der Waals surface area contributed by atoms with Crippen LogP contribution < -0.4 is 5.32 Å². The van der Waals surface area contributed by atoms with Crippen LogP contribution in [0.1, 0.15) is 16.7 Å². The molecular formula is C19H16F2N2O3. The second-order valence-electron chi connectivity index (χ2n) is 5.61. The van der Waals surface area contributed by atoms with Crippen LogP contribution in [0.3, 0.4) is 0 Å². The van der Waals surface area contributed by atoms with Crippen LogP contribution in [-0.2, 0) is 27.2 Å². The molecule has 1 amide bonds. The Bertz CT molecular complexity index is 842. The lowest BCUT2D eigenvalue weighted by Crippen LogP contribution is -2.43. The Labute approximate surface area is 149 Å².